The van der Waals surface area contributed by atoms with Crippen LogP contribution in [0.2, 0.25) is 0 Å². The summed E-state index contributed by atoms with van der Waals surface area (Å²) < 4.78 is 1.62. The van der Waals surface area contributed by atoms with Gasteiger partial charge < -0.3 is 0 Å². The Balaban J connectivity index is 2.00. The van der Waals surface area contributed by atoms with Crippen molar-refractivity contribution in [2.24, 2.45) is 0 Å². The van der Waals surface area contributed by atoms with Gasteiger partial charge in [-0.15, -0.1) is 0 Å². The number of nitrogens with zero attached hydrogens (tertiary/aromatic N) is 1. The summed E-state index contributed by atoms with van der Waals surface area (Å²) in [6, 6.07) is 27.7. The largest absolute Gasteiger partial charge is 0.290 e. The molecule has 0 aliphatic heterocycles. The van der Waals surface area contributed by atoms with E-state index < -0.39 is 0 Å². The summed E-state index contributed by atoms with van der Waals surface area (Å²) >= 11 is 0. The first-order chi connectivity index (χ1) is 12.2. The van der Waals surface area contributed by atoms with Crippen molar-refractivity contribution in [1.82, 2.24) is 9.78 Å². The van der Waals surface area contributed by atoms with Crippen LogP contribution in [0.1, 0.15) is 5.56 Å². The summed E-state index contributed by atoms with van der Waals surface area (Å²) in [6.07, 6.45) is 0. The van der Waals surface area contributed by atoms with E-state index in [2.05, 4.69) is 5.10 Å². The first-order valence-corrected chi connectivity index (χ1v) is 8.27. The standard InChI is InChI=1S/C22H18N2O/c1-16-9-8-14-19(15-16)24-22(25)20(17-10-4-2-5-11-17)21(23-24)18-12-6-3-7-13-18/h2-15,23H,1H3. The summed E-state index contributed by atoms with van der Waals surface area (Å²) in [5.74, 6) is 0. The number of hydrogen-bond donors (Lipinski definition) is 1. The molecule has 0 aliphatic rings. The van der Waals surface area contributed by atoms with Crippen LogP contribution in [-0.4, -0.2) is 9.78 Å². The molecule has 0 radical (unpaired) electrons. The summed E-state index contributed by atoms with van der Waals surface area (Å²) in [4.78, 5) is 13.2. The first-order valence-electron chi connectivity index (χ1n) is 8.27. The molecule has 0 fully saturated rings. The Labute approximate surface area is 146 Å². The molecule has 1 aromatic heterocycles. The molecule has 122 valence electrons. The topological polar surface area (TPSA) is 37.8 Å². The molecule has 0 spiro atoms. The van der Waals surface area contributed by atoms with Crippen LogP contribution in [0.3, 0.4) is 0 Å². The second kappa shape index (κ2) is 6.29. The number of H-pyrrole nitrogens is 1. The van der Waals surface area contributed by atoms with Crippen LogP contribution in [0.15, 0.2) is 89.7 Å². The average Bonchev–Trinajstić information content (AvgIpc) is 3.00. The third-order valence-corrected chi connectivity index (χ3v) is 4.28. The van der Waals surface area contributed by atoms with E-state index in [1.54, 1.807) is 4.68 Å². The van der Waals surface area contributed by atoms with Gasteiger partial charge in [0, 0.05) is 5.56 Å². The number of rotatable bonds is 3. The minimum Gasteiger partial charge on any atom is -0.290 e. The monoisotopic (exact) mass is 326 g/mol. The van der Waals surface area contributed by atoms with Crippen molar-refractivity contribution in [1.29, 1.82) is 0 Å². The van der Waals surface area contributed by atoms with Crippen molar-refractivity contribution in [2.75, 3.05) is 0 Å². The van der Waals surface area contributed by atoms with E-state index >= 15 is 0 Å². The average molecular weight is 326 g/mol. The summed E-state index contributed by atoms with van der Waals surface area (Å²) in [5, 5.41) is 3.31. The maximum absolute atomic E-state index is 13.2. The van der Waals surface area contributed by atoms with Gasteiger partial charge in [-0.25, -0.2) is 4.68 Å². The second-order valence-corrected chi connectivity index (χ2v) is 6.07. The summed E-state index contributed by atoms with van der Waals surface area (Å²) in [5.41, 5.74) is 5.33. The zero-order valence-corrected chi connectivity index (χ0v) is 13.9. The van der Waals surface area contributed by atoms with Gasteiger partial charge in [0.25, 0.3) is 5.56 Å². The van der Waals surface area contributed by atoms with Gasteiger partial charge >= 0.3 is 0 Å². The van der Waals surface area contributed by atoms with Gasteiger partial charge in [0.1, 0.15) is 0 Å². The molecule has 0 saturated carbocycles. The van der Waals surface area contributed by atoms with Crippen molar-refractivity contribution in [3.8, 4) is 28.1 Å². The molecule has 0 atom stereocenters. The van der Waals surface area contributed by atoms with Crippen LogP contribution in [-0.2, 0) is 0 Å². The molecule has 0 amide bonds. The molecule has 3 aromatic carbocycles. The van der Waals surface area contributed by atoms with E-state index in [9.17, 15) is 4.79 Å². The van der Waals surface area contributed by atoms with E-state index in [4.69, 9.17) is 0 Å². The van der Waals surface area contributed by atoms with Crippen molar-refractivity contribution < 1.29 is 0 Å². The first kappa shape index (κ1) is 15.2. The number of aryl methyl sites for hydroxylation is 1. The van der Waals surface area contributed by atoms with Crippen LogP contribution >= 0.6 is 0 Å². The lowest BCUT2D eigenvalue weighted by atomic mass is 10.0. The molecule has 4 aromatic rings. The Hall–Kier alpha value is -3.33. The van der Waals surface area contributed by atoms with Gasteiger partial charge in [-0.05, 0) is 30.2 Å². The highest BCUT2D eigenvalue weighted by atomic mass is 16.1. The Morgan fingerprint density at radius 1 is 0.760 bits per heavy atom. The molecule has 0 saturated heterocycles. The highest BCUT2D eigenvalue weighted by Gasteiger charge is 2.18. The number of benzene rings is 3. The molecular formula is C22H18N2O. The van der Waals surface area contributed by atoms with Gasteiger partial charge in [0.2, 0.25) is 0 Å². The third-order valence-electron chi connectivity index (χ3n) is 4.28. The zero-order chi connectivity index (χ0) is 17.2. The predicted octanol–water partition coefficient (Wildman–Crippen LogP) is 4.81. The predicted molar refractivity (Wildman–Crippen MR) is 102 cm³/mol. The Bertz CT molecular complexity index is 1060. The Morgan fingerprint density at radius 3 is 2.04 bits per heavy atom. The van der Waals surface area contributed by atoms with Crippen LogP contribution < -0.4 is 5.56 Å². The van der Waals surface area contributed by atoms with E-state index in [0.29, 0.717) is 5.56 Å². The van der Waals surface area contributed by atoms with Gasteiger partial charge in [-0.2, -0.15) is 0 Å². The van der Waals surface area contributed by atoms with Gasteiger partial charge in [-0.3, -0.25) is 9.89 Å². The van der Waals surface area contributed by atoms with Crippen molar-refractivity contribution in [2.45, 2.75) is 6.92 Å². The molecule has 0 unspecified atom stereocenters. The fraction of sp³-hybridized carbons (Fsp3) is 0.0455. The third kappa shape index (κ3) is 2.81. The number of aromatic amines is 1. The minimum atomic E-state index is -0.0457. The fourth-order valence-electron chi connectivity index (χ4n) is 3.07. The molecule has 0 bridgehead atoms. The Kier molecular flexibility index (Phi) is 3.82. The molecule has 3 heteroatoms. The molecular weight excluding hydrogens is 308 g/mol. The van der Waals surface area contributed by atoms with E-state index in [-0.39, 0.29) is 5.56 Å². The number of hydrogen-bond acceptors (Lipinski definition) is 1. The molecule has 1 N–H and O–H groups in total. The Morgan fingerprint density at radius 2 is 1.40 bits per heavy atom. The number of nitrogens with one attached hydrogen (secondary N) is 1. The molecule has 1 heterocycles. The smallest absolute Gasteiger partial charge is 0.279 e. The molecule has 25 heavy (non-hydrogen) atoms. The van der Waals surface area contributed by atoms with E-state index in [1.165, 1.54) is 0 Å². The van der Waals surface area contributed by atoms with Crippen LogP contribution in [0.5, 0.6) is 0 Å². The van der Waals surface area contributed by atoms with E-state index in [1.807, 2.05) is 91.9 Å². The van der Waals surface area contributed by atoms with Gasteiger partial charge in [0.05, 0.1) is 16.9 Å². The maximum Gasteiger partial charge on any atom is 0.279 e. The fourth-order valence-corrected chi connectivity index (χ4v) is 3.07. The SMILES string of the molecule is Cc1cccc(-n2[nH]c(-c3ccccc3)c(-c3ccccc3)c2=O)c1. The summed E-state index contributed by atoms with van der Waals surface area (Å²) in [6.45, 7) is 2.02. The lowest BCUT2D eigenvalue weighted by molar-refractivity contribution is 0.852. The van der Waals surface area contributed by atoms with Crippen molar-refractivity contribution in [3.05, 3.63) is 101 Å². The normalized spacial score (nSPS) is 10.8. The van der Waals surface area contributed by atoms with Crippen LogP contribution in [0, 0.1) is 6.92 Å². The van der Waals surface area contributed by atoms with Crippen LogP contribution in [0.25, 0.3) is 28.1 Å². The highest BCUT2D eigenvalue weighted by molar-refractivity contribution is 5.80. The van der Waals surface area contributed by atoms with Gasteiger partial charge in [-0.1, -0.05) is 72.8 Å². The molecule has 3 nitrogen and oxygen atoms in total. The molecule has 4 rings (SSSR count). The lowest BCUT2D eigenvalue weighted by Gasteiger charge is -2.03. The van der Waals surface area contributed by atoms with Gasteiger partial charge in [0.15, 0.2) is 0 Å². The zero-order valence-electron chi connectivity index (χ0n) is 13.9. The maximum atomic E-state index is 13.2. The number of aromatic nitrogens is 2. The van der Waals surface area contributed by atoms with Crippen molar-refractivity contribution >= 4 is 0 Å². The van der Waals surface area contributed by atoms with Crippen LogP contribution in [0.4, 0.5) is 0 Å². The highest BCUT2D eigenvalue weighted by Crippen LogP contribution is 2.28. The molecule has 0 aliphatic carbocycles. The second-order valence-electron chi connectivity index (χ2n) is 6.07. The van der Waals surface area contributed by atoms with Crippen molar-refractivity contribution in [3.63, 3.8) is 0 Å². The summed E-state index contributed by atoms with van der Waals surface area (Å²) in [7, 11) is 0. The van der Waals surface area contributed by atoms with E-state index in [0.717, 1.165) is 28.1 Å². The lowest BCUT2D eigenvalue weighted by Crippen LogP contribution is -2.15. The minimum absolute atomic E-state index is 0.0457. The quantitative estimate of drug-likeness (QED) is 0.576.